The summed E-state index contributed by atoms with van der Waals surface area (Å²) in [6.45, 7) is 6.67. The zero-order valence-electron chi connectivity index (χ0n) is 15.1. The summed E-state index contributed by atoms with van der Waals surface area (Å²) >= 11 is 0. The SMILES string of the molecule is CCN1C(=O)c2cc(NC(=O)OCC(C)C)ccc2Oc2ccccc21. The molecule has 0 unspecified atom stereocenters. The molecular weight excluding hydrogens is 332 g/mol. The molecule has 1 aliphatic heterocycles. The maximum atomic E-state index is 13.0. The van der Waals surface area contributed by atoms with Crippen LogP contribution >= 0.6 is 0 Å². The van der Waals surface area contributed by atoms with Crippen molar-refractivity contribution in [1.82, 2.24) is 0 Å². The number of nitrogens with zero attached hydrogens (tertiary/aromatic N) is 1. The Morgan fingerprint density at radius 3 is 2.69 bits per heavy atom. The van der Waals surface area contributed by atoms with Crippen molar-refractivity contribution in [3.63, 3.8) is 0 Å². The Morgan fingerprint density at radius 1 is 1.19 bits per heavy atom. The molecule has 136 valence electrons. The highest BCUT2D eigenvalue weighted by Gasteiger charge is 2.27. The van der Waals surface area contributed by atoms with Crippen LogP contribution in [-0.2, 0) is 4.74 Å². The van der Waals surface area contributed by atoms with Crippen LogP contribution in [0.25, 0.3) is 0 Å². The quantitative estimate of drug-likeness (QED) is 0.867. The Kier molecular flexibility index (Phi) is 5.11. The van der Waals surface area contributed by atoms with E-state index in [1.54, 1.807) is 23.1 Å². The van der Waals surface area contributed by atoms with Crippen LogP contribution < -0.4 is 15.0 Å². The summed E-state index contributed by atoms with van der Waals surface area (Å²) in [5.74, 6) is 1.16. The largest absolute Gasteiger partial charge is 0.454 e. The number of amides is 2. The lowest BCUT2D eigenvalue weighted by molar-refractivity contribution is 0.0988. The maximum Gasteiger partial charge on any atom is 0.411 e. The predicted molar refractivity (Wildman–Crippen MR) is 100 cm³/mol. The lowest BCUT2D eigenvalue weighted by Gasteiger charge is -2.19. The van der Waals surface area contributed by atoms with E-state index in [9.17, 15) is 9.59 Å². The first-order valence-electron chi connectivity index (χ1n) is 8.66. The van der Waals surface area contributed by atoms with Gasteiger partial charge in [0, 0.05) is 12.2 Å². The summed E-state index contributed by atoms with van der Waals surface area (Å²) in [4.78, 5) is 26.5. The Morgan fingerprint density at radius 2 is 1.96 bits per heavy atom. The van der Waals surface area contributed by atoms with Crippen molar-refractivity contribution in [2.75, 3.05) is 23.4 Å². The minimum atomic E-state index is -0.545. The van der Waals surface area contributed by atoms with Crippen molar-refractivity contribution in [2.45, 2.75) is 20.8 Å². The lowest BCUT2D eigenvalue weighted by atomic mass is 10.1. The number of para-hydroxylation sites is 2. The van der Waals surface area contributed by atoms with E-state index in [-0.39, 0.29) is 11.8 Å². The van der Waals surface area contributed by atoms with Crippen LogP contribution in [0.1, 0.15) is 31.1 Å². The summed E-state index contributed by atoms with van der Waals surface area (Å²) in [5, 5.41) is 2.65. The molecule has 2 aromatic rings. The molecule has 6 heteroatoms. The molecule has 0 radical (unpaired) electrons. The molecule has 1 aliphatic rings. The molecule has 0 aliphatic carbocycles. The second kappa shape index (κ2) is 7.47. The topological polar surface area (TPSA) is 67.9 Å². The third kappa shape index (κ3) is 3.64. The van der Waals surface area contributed by atoms with Crippen molar-refractivity contribution in [3.05, 3.63) is 48.0 Å². The Bertz CT molecular complexity index is 832. The zero-order chi connectivity index (χ0) is 18.7. The number of fused-ring (bicyclic) bond motifs is 2. The molecule has 1 heterocycles. The number of rotatable bonds is 4. The van der Waals surface area contributed by atoms with Gasteiger partial charge in [-0.2, -0.15) is 0 Å². The van der Waals surface area contributed by atoms with Gasteiger partial charge in [0.25, 0.3) is 5.91 Å². The van der Waals surface area contributed by atoms with E-state index in [0.717, 1.165) is 5.69 Å². The Labute approximate surface area is 152 Å². The van der Waals surface area contributed by atoms with Gasteiger partial charge >= 0.3 is 6.09 Å². The lowest BCUT2D eigenvalue weighted by Crippen LogP contribution is -2.29. The van der Waals surface area contributed by atoms with Crippen LogP contribution in [0.2, 0.25) is 0 Å². The first-order chi connectivity index (χ1) is 12.5. The molecule has 0 fully saturated rings. The Hall–Kier alpha value is -3.02. The molecule has 2 aromatic carbocycles. The van der Waals surface area contributed by atoms with Crippen molar-refractivity contribution in [2.24, 2.45) is 5.92 Å². The highest BCUT2D eigenvalue weighted by atomic mass is 16.5. The first-order valence-corrected chi connectivity index (χ1v) is 8.66. The zero-order valence-corrected chi connectivity index (χ0v) is 15.1. The standard InChI is InChI=1S/C20H22N2O4/c1-4-22-16-7-5-6-8-18(16)26-17-10-9-14(11-15(17)19(22)23)21-20(24)25-12-13(2)3/h5-11,13H,4,12H2,1-3H3,(H,21,24). The second-order valence-corrected chi connectivity index (χ2v) is 6.45. The smallest absolute Gasteiger partial charge is 0.411 e. The molecule has 0 bridgehead atoms. The third-order valence-electron chi connectivity index (χ3n) is 3.94. The number of anilines is 2. The minimum absolute atomic E-state index is 0.174. The van der Waals surface area contributed by atoms with E-state index in [1.165, 1.54) is 0 Å². The predicted octanol–water partition coefficient (Wildman–Crippen LogP) is 4.66. The van der Waals surface area contributed by atoms with Gasteiger partial charge in [0.1, 0.15) is 5.75 Å². The molecule has 0 atom stereocenters. The number of carbonyl (C=O) groups excluding carboxylic acids is 2. The molecule has 0 saturated carbocycles. The van der Waals surface area contributed by atoms with Crippen LogP contribution in [0, 0.1) is 5.92 Å². The summed E-state index contributed by atoms with van der Waals surface area (Å²) in [5.41, 5.74) is 1.60. The monoisotopic (exact) mass is 354 g/mol. The number of ether oxygens (including phenoxy) is 2. The number of benzene rings is 2. The van der Waals surface area contributed by atoms with E-state index in [0.29, 0.717) is 35.9 Å². The van der Waals surface area contributed by atoms with Crippen molar-refractivity contribution < 1.29 is 19.1 Å². The van der Waals surface area contributed by atoms with Crippen molar-refractivity contribution in [1.29, 1.82) is 0 Å². The van der Waals surface area contributed by atoms with Crippen LogP contribution in [0.5, 0.6) is 11.5 Å². The highest BCUT2D eigenvalue weighted by molar-refractivity contribution is 6.10. The third-order valence-corrected chi connectivity index (χ3v) is 3.94. The van der Waals surface area contributed by atoms with Gasteiger partial charge in [-0.15, -0.1) is 0 Å². The van der Waals surface area contributed by atoms with Gasteiger partial charge < -0.3 is 14.4 Å². The molecule has 0 aromatic heterocycles. The van der Waals surface area contributed by atoms with Crippen LogP contribution in [0.3, 0.4) is 0 Å². The van der Waals surface area contributed by atoms with Gasteiger partial charge in [-0.3, -0.25) is 10.1 Å². The van der Waals surface area contributed by atoms with Crippen molar-refractivity contribution >= 4 is 23.4 Å². The van der Waals surface area contributed by atoms with E-state index in [2.05, 4.69) is 5.32 Å². The molecule has 3 rings (SSSR count). The number of carbonyl (C=O) groups is 2. The van der Waals surface area contributed by atoms with Crippen LogP contribution in [-0.4, -0.2) is 25.2 Å². The number of hydrogen-bond acceptors (Lipinski definition) is 4. The van der Waals surface area contributed by atoms with Crippen LogP contribution in [0.4, 0.5) is 16.2 Å². The van der Waals surface area contributed by atoms with E-state index in [4.69, 9.17) is 9.47 Å². The van der Waals surface area contributed by atoms with Crippen molar-refractivity contribution in [3.8, 4) is 11.5 Å². The fraction of sp³-hybridized carbons (Fsp3) is 0.300. The summed E-state index contributed by atoms with van der Waals surface area (Å²) in [6.07, 6.45) is -0.545. The fourth-order valence-electron chi connectivity index (χ4n) is 2.71. The number of hydrogen-bond donors (Lipinski definition) is 1. The van der Waals surface area contributed by atoms with Gasteiger partial charge in [0.05, 0.1) is 17.9 Å². The van der Waals surface area contributed by atoms with Gasteiger partial charge in [0.2, 0.25) is 0 Å². The second-order valence-electron chi connectivity index (χ2n) is 6.45. The Balaban J connectivity index is 1.89. The minimum Gasteiger partial charge on any atom is -0.454 e. The molecule has 26 heavy (non-hydrogen) atoms. The molecule has 1 N–H and O–H groups in total. The van der Waals surface area contributed by atoms with Gasteiger partial charge in [-0.25, -0.2) is 4.79 Å². The molecule has 0 saturated heterocycles. The first kappa shape index (κ1) is 17.8. The van der Waals surface area contributed by atoms with Gasteiger partial charge in [-0.05, 0) is 43.2 Å². The average Bonchev–Trinajstić information content (AvgIpc) is 2.74. The summed E-state index contributed by atoms with van der Waals surface area (Å²) < 4.78 is 11.1. The molecule has 0 spiro atoms. The highest BCUT2D eigenvalue weighted by Crippen LogP contribution is 2.39. The maximum absolute atomic E-state index is 13.0. The fourth-order valence-corrected chi connectivity index (χ4v) is 2.71. The summed E-state index contributed by atoms with van der Waals surface area (Å²) in [6, 6.07) is 12.4. The molecular formula is C20H22N2O4. The molecule has 2 amide bonds. The van der Waals surface area contributed by atoms with Crippen LogP contribution in [0.15, 0.2) is 42.5 Å². The molecule has 6 nitrogen and oxygen atoms in total. The summed E-state index contributed by atoms with van der Waals surface area (Å²) in [7, 11) is 0. The van der Waals surface area contributed by atoms with E-state index < -0.39 is 6.09 Å². The van der Waals surface area contributed by atoms with E-state index in [1.807, 2.05) is 45.0 Å². The van der Waals surface area contributed by atoms with Gasteiger partial charge in [-0.1, -0.05) is 26.0 Å². The van der Waals surface area contributed by atoms with E-state index >= 15 is 0 Å². The van der Waals surface area contributed by atoms with Gasteiger partial charge in [0.15, 0.2) is 5.75 Å². The number of nitrogens with one attached hydrogen (secondary N) is 1. The average molecular weight is 354 g/mol. The normalized spacial score (nSPS) is 12.8.